The van der Waals surface area contributed by atoms with Crippen LogP contribution in [0.1, 0.15) is 12.0 Å². The van der Waals surface area contributed by atoms with E-state index in [2.05, 4.69) is 26.5 Å². The molecule has 1 aliphatic rings. The van der Waals surface area contributed by atoms with Crippen LogP contribution in [0.5, 0.6) is 0 Å². The molecule has 2 rings (SSSR count). The Morgan fingerprint density at radius 2 is 2.25 bits per heavy atom. The van der Waals surface area contributed by atoms with E-state index in [4.69, 9.17) is 0 Å². The highest BCUT2D eigenvalue weighted by molar-refractivity contribution is 9.10. The number of hydrogen-bond donors (Lipinski definition) is 1. The maximum atomic E-state index is 13.5. The third-order valence-electron chi connectivity index (χ3n) is 2.94. The number of nitrogens with one attached hydrogen (secondary N) is 1. The van der Waals surface area contributed by atoms with Crippen molar-refractivity contribution in [3.8, 4) is 0 Å². The van der Waals surface area contributed by atoms with Gasteiger partial charge in [0, 0.05) is 10.0 Å². The molecule has 108 valence electrons. The fourth-order valence-electron chi connectivity index (χ4n) is 1.86. The number of benzene rings is 1. The molecule has 0 radical (unpaired) electrons. The third kappa shape index (κ3) is 3.86. The second kappa shape index (κ2) is 6.01. The topological polar surface area (TPSA) is 75.6 Å². The minimum absolute atomic E-state index is 0.0239. The van der Waals surface area contributed by atoms with Gasteiger partial charge in [-0.05, 0) is 24.6 Å². The van der Waals surface area contributed by atoms with Crippen LogP contribution in [-0.4, -0.2) is 32.0 Å². The van der Waals surface area contributed by atoms with Crippen LogP contribution < -0.4 is 5.43 Å². The van der Waals surface area contributed by atoms with E-state index in [0.29, 0.717) is 10.9 Å². The average molecular weight is 363 g/mol. The second-order valence-corrected chi connectivity index (χ2v) is 7.64. The van der Waals surface area contributed by atoms with Crippen LogP contribution in [0.25, 0.3) is 0 Å². The van der Waals surface area contributed by atoms with E-state index in [0.717, 1.165) is 0 Å². The van der Waals surface area contributed by atoms with Gasteiger partial charge in [-0.25, -0.2) is 18.2 Å². The summed E-state index contributed by atoms with van der Waals surface area (Å²) in [5.74, 6) is -1.63. The van der Waals surface area contributed by atoms with E-state index >= 15 is 0 Å². The lowest BCUT2D eigenvalue weighted by atomic mass is 10.1. The van der Waals surface area contributed by atoms with E-state index in [1.165, 1.54) is 18.3 Å². The first-order chi connectivity index (χ1) is 9.37. The predicted octanol–water partition coefficient (Wildman–Crippen LogP) is 1.47. The van der Waals surface area contributed by atoms with Gasteiger partial charge in [0.05, 0.1) is 23.6 Å². The smallest absolute Gasteiger partial charge is 0.244 e. The lowest BCUT2D eigenvalue weighted by Crippen LogP contribution is -2.27. The van der Waals surface area contributed by atoms with Crippen LogP contribution in [0.4, 0.5) is 4.39 Å². The summed E-state index contributed by atoms with van der Waals surface area (Å²) in [6.45, 7) is 0. The van der Waals surface area contributed by atoms with E-state index < -0.39 is 27.5 Å². The van der Waals surface area contributed by atoms with Gasteiger partial charge in [-0.1, -0.05) is 15.9 Å². The van der Waals surface area contributed by atoms with Crippen molar-refractivity contribution in [2.24, 2.45) is 11.0 Å². The Hall–Kier alpha value is -1.28. The highest BCUT2D eigenvalue weighted by Gasteiger charge is 2.32. The number of amides is 1. The molecule has 1 aliphatic heterocycles. The molecule has 1 heterocycles. The third-order valence-corrected chi connectivity index (χ3v) is 5.21. The molecule has 5 nitrogen and oxygen atoms in total. The molecule has 1 fully saturated rings. The van der Waals surface area contributed by atoms with Crippen LogP contribution in [0.2, 0.25) is 0 Å². The van der Waals surface area contributed by atoms with E-state index in [1.807, 2.05) is 0 Å². The summed E-state index contributed by atoms with van der Waals surface area (Å²) >= 11 is 3.13. The van der Waals surface area contributed by atoms with Gasteiger partial charge in [0.2, 0.25) is 5.91 Å². The number of hydrogen-bond acceptors (Lipinski definition) is 4. The highest BCUT2D eigenvalue weighted by Crippen LogP contribution is 2.18. The van der Waals surface area contributed by atoms with Crippen LogP contribution >= 0.6 is 15.9 Å². The molecule has 1 aromatic carbocycles. The molecule has 0 unspecified atom stereocenters. The quantitative estimate of drug-likeness (QED) is 0.653. The van der Waals surface area contributed by atoms with Crippen molar-refractivity contribution in [2.75, 3.05) is 11.5 Å². The van der Waals surface area contributed by atoms with E-state index in [9.17, 15) is 17.6 Å². The Morgan fingerprint density at radius 3 is 2.85 bits per heavy atom. The molecule has 8 heteroatoms. The number of carbonyl (C=O) groups excluding carboxylic acids is 1. The first kappa shape index (κ1) is 15.1. The number of hydrazone groups is 1. The van der Waals surface area contributed by atoms with Gasteiger partial charge in [0.25, 0.3) is 0 Å². The lowest BCUT2D eigenvalue weighted by molar-refractivity contribution is -0.124. The van der Waals surface area contributed by atoms with Crippen molar-refractivity contribution in [3.63, 3.8) is 0 Å². The molecule has 1 aromatic rings. The molecule has 0 aliphatic carbocycles. The molecule has 1 atom stereocenters. The first-order valence-electron chi connectivity index (χ1n) is 5.86. The first-order valence-corrected chi connectivity index (χ1v) is 8.47. The van der Waals surface area contributed by atoms with Crippen molar-refractivity contribution in [1.29, 1.82) is 0 Å². The van der Waals surface area contributed by atoms with Crippen molar-refractivity contribution < 1.29 is 17.6 Å². The minimum Gasteiger partial charge on any atom is -0.273 e. The Bertz CT molecular complexity index is 661. The zero-order valence-electron chi connectivity index (χ0n) is 10.3. The molecule has 0 aromatic heterocycles. The molecular weight excluding hydrogens is 351 g/mol. The second-order valence-electron chi connectivity index (χ2n) is 4.50. The van der Waals surface area contributed by atoms with Crippen molar-refractivity contribution in [1.82, 2.24) is 5.43 Å². The van der Waals surface area contributed by atoms with Crippen molar-refractivity contribution in [2.45, 2.75) is 6.42 Å². The van der Waals surface area contributed by atoms with E-state index in [1.54, 1.807) is 6.07 Å². The van der Waals surface area contributed by atoms with Crippen molar-refractivity contribution in [3.05, 3.63) is 34.1 Å². The molecule has 0 saturated carbocycles. The zero-order chi connectivity index (χ0) is 14.8. The van der Waals surface area contributed by atoms with Gasteiger partial charge in [0.1, 0.15) is 5.82 Å². The fourth-order valence-corrected chi connectivity index (χ4v) is 3.94. The summed E-state index contributed by atoms with van der Waals surface area (Å²) in [6, 6.07) is 4.44. The SMILES string of the molecule is O=C(N/N=C\c1ccc(Br)cc1F)[C@H]1CCS(=O)(=O)C1. The molecule has 0 bridgehead atoms. The van der Waals surface area contributed by atoms with Crippen LogP contribution in [0, 0.1) is 11.7 Å². The standard InChI is InChI=1S/C12H12BrFN2O3S/c13-10-2-1-8(11(14)5-10)6-15-16-12(17)9-3-4-20(18,19)7-9/h1-2,5-6,9H,3-4,7H2,(H,16,17)/b15-6-/t9-/m0/s1. The van der Waals surface area contributed by atoms with Crippen LogP contribution in [0.3, 0.4) is 0 Å². The lowest BCUT2D eigenvalue weighted by Gasteiger charge is -2.04. The monoisotopic (exact) mass is 362 g/mol. The Morgan fingerprint density at radius 1 is 1.50 bits per heavy atom. The maximum absolute atomic E-state index is 13.5. The van der Waals surface area contributed by atoms with E-state index in [-0.39, 0.29) is 17.1 Å². The normalized spacial score (nSPS) is 21.2. The Balaban J connectivity index is 1.95. The van der Waals surface area contributed by atoms with Gasteiger partial charge in [-0.2, -0.15) is 5.10 Å². The molecule has 20 heavy (non-hydrogen) atoms. The number of nitrogens with zero attached hydrogens (tertiary/aromatic N) is 1. The Kier molecular flexibility index (Phi) is 4.54. The summed E-state index contributed by atoms with van der Waals surface area (Å²) in [5, 5.41) is 3.65. The summed E-state index contributed by atoms with van der Waals surface area (Å²) in [6.07, 6.45) is 1.49. The molecular formula is C12H12BrFN2O3S. The number of halogens is 2. The fraction of sp³-hybridized carbons (Fsp3) is 0.333. The zero-order valence-corrected chi connectivity index (χ0v) is 12.7. The number of carbonyl (C=O) groups is 1. The molecule has 1 N–H and O–H groups in total. The highest BCUT2D eigenvalue weighted by atomic mass is 79.9. The molecule has 1 saturated heterocycles. The Labute approximate surface area is 124 Å². The van der Waals surface area contributed by atoms with Gasteiger partial charge >= 0.3 is 0 Å². The van der Waals surface area contributed by atoms with Gasteiger partial charge < -0.3 is 0 Å². The number of sulfone groups is 1. The minimum atomic E-state index is -3.11. The van der Waals surface area contributed by atoms with Gasteiger partial charge in [-0.15, -0.1) is 0 Å². The summed E-state index contributed by atoms with van der Waals surface area (Å²) in [5.41, 5.74) is 2.47. The largest absolute Gasteiger partial charge is 0.273 e. The average Bonchev–Trinajstić information content (AvgIpc) is 2.72. The van der Waals surface area contributed by atoms with Gasteiger partial charge in [0.15, 0.2) is 9.84 Å². The van der Waals surface area contributed by atoms with Crippen molar-refractivity contribution >= 4 is 37.9 Å². The number of rotatable bonds is 3. The van der Waals surface area contributed by atoms with Gasteiger partial charge in [-0.3, -0.25) is 4.79 Å². The maximum Gasteiger partial charge on any atom is 0.244 e. The van der Waals surface area contributed by atoms with Crippen LogP contribution in [-0.2, 0) is 14.6 Å². The summed E-state index contributed by atoms with van der Waals surface area (Å²) in [7, 11) is -3.11. The molecule has 1 amide bonds. The predicted molar refractivity (Wildman–Crippen MR) is 76.6 cm³/mol. The van der Waals surface area contributed by atoms with Crippen LogP contribution in [0.15, 0.2) is 27.8 Å². The summed E-state index contributed by atoms with van der Waals surface area (Å²) < 4.78 is 36.6. The molecule has 0 spiro atoms. The summed E-state index contributed by atoms with van der Waals surface area (Å²) in [4.78, 5) is 11.7.